The van der Waals surface area contributed by atoms with Crippen molar-refractivity contribution in [3.8, 4) is 0 Å². The molecule has 4 heteroatoms. The zero-order chi connectivity index (χ0) is 12.5. The lowest BCUT2D eigenvalue weighted by Crippen LogP contribution is -2.14. The van der Waals surface area contributed by atoms with E-state index in [1.165, 1.54) is 0 Å². The Hall–Kier alpha value is -1.29. The molecule has 0 bridgehead atoms. The van der Waals surface area contributed by atoms with Gasteiger partial charge in [0.05, 0.1) is 6.61 Å². The second kappa shape index (κ2) is 7.90. The second-order valence-electron chi connectivity index (χ2n) is 4.41. The third-order valence-electron chi connectivity index (χ3n) is 2.41. The number of allylic oxidation sites excluding steroid dienone is 1. The van der Waals surface area contributed by atoms with Crippen molar-refractivity contribution in [2.24, 2.45) is 5.92 Å². The molecule has 0 saturated carbocycles. The van der Waals surface area contributed by atoms with Crippen LogP contribution in [-0.4, -0.2) is 29.3 Å². The minimum Gasteiger partial charge on any atom is -0.380 e. The lowest BCUT2D eigenvalue weighted by atomic mass is 10.1. The Morgan fingerprint density at radius 3 is 3.06 bits per heavy atom. The van der Waals surface area contributed by atoms with Crippen LogP contribution in [0.3, 0.4) is 0 Å². The van der Waals surface area contributed by atoms with Crippen LogP contribution in [0.5, 0.6) is 0 Å². The van der Waals surface area contributed by atoms with Gasteiger partial charge in [0.15, 0.2) is 0 Å². The van der Waals surface area contributed by atoms with Gasteiger partial charge in [0.2, 0.25) is 5.95 Å². The van der Waals surface area contributed by atoms with Crippen LogP contribution in [0.25, 0.3) is 0 Å². The number of aromatic nitrogens is 2. The fourth-order valence-electron chi connectivity index (χ4n) is 1.42. The standard InChI is InChI=1S/C13H23N3O/c1-4-8-16-9-6-14-13(16)15-7-11-17-10-5-12(2)3/h4,6,9,12H,1,5,7-8,10-11H2,2-3H3,(H,14,15). The van der Waals surface area contributed by atoms with E-state index in [1.807, 2.05) is 16.8 Å². The zero-order valence-corrected chi connectivity index (χ0v) is 10.9. The number of rotatable bonds is 9. The summed E-state index contributed by atoms with van der Waals surface area (Å²) in [6.45, 7) is 11.2. The average Bonchev–Trinajstić information content (AvgIpc) is 2.71. The SMILES string of the molecule is C=CCn1ccnc1NCCOCCC(C)C. The van der Waals surface area contributed by atoms with Gasteiger partial charge in [0, 0.05) is 32.1 Å². The molecule has 0 saturated heterocycles. The Morgan fingerprint density at radius 2 is 2.35 bits per heavy atom. The molecule has 0 amide bonds. The summed E-state index contributed by atoms with van der Waals surface area (Å²) in [6, 6.07) is 0. The van der Waals surface area contributed by atoms with Gasteiger partial charge in [-0.3, -0.25) is 0 Å². The molecule has 0 aliphatic carbocycles. The van der Waals surface area contributed by atoms with Gasteiger partial charge in [-0.05, 0) is 12.3 Å². The van der Waals surface area contributed by atoms with Crippen molar-refractivity contribution < 1.29 is 4.74 Å². The molecule has 1 aromatic heterocycles. The fourth-order valence-corrected chi connectivity index (χ4v) is 1.42. The second-order valence-corrected chi connectivity index (χ2v) is 4.41. The first-order chi connectivity index (χ1) is 8.24. The van der Waals surface area contributed by atoms with E-state index in [-0.39, 0.29) is 0 Å². The Balaban J connectivity index is 2.13. The van der Waals surface area contributed by atoms with Gasteiger partial charge in [-0.15, -0.1) is 6.58 Å². The van der Waals surface area contributed by atoms with E-state index in [0.717, 1.165) is 32.1 Å². The summed E-state index contributed by atoms with van der Waals surface area (Å²) in [7, 11) is 0. The molecule has 1 aromatic rings. The number of nitrogens with one attached hydrogen (secondary N) is 1. The number of hydrogen-bond acceptors (Lipinski definition) is 3. The highest BCUT2D eigenvalue weighted by atomic mass is 16.5. The van der Waals surface area contributed by atoms with Crippen LogP contribution in [0.15, 0.2) is 25.0 Å². The first-order valence-electron chi connectivity index (χ1n) is 6.17. The number of nitrogens with zero attached hydrogens (tertiary/aromatic N) is 2. The molecule has 1 heterocycles. The predicted octanol–water partition coefficient (Wildman–Crippen LogP) is 2.54. The predicted molar refractivity (Wildman–Crippen MR) is 71.2 cm³/mol. The molecule has 0 unspecified atom stereocenters. The van der Waals surface area contributed by atoms with Crippen LogP contribution in [-0.2, 0) is 11.3 Å². The van der Waals surface area contributed by atoms with E-state index in [1.54, 1.807) is 6.20 Å². The van der Waals surface area contributed by atoms with Crippen molar-refractivity contribution in [3.63, 3.8) is 0 Å². The Morgan fingerprint density at radius 1 is 1.53 bits per heavy atom. The van der Waals surface area contributed by atoms with Crippen molar-refractivity contribution in [1.29, 1.82) is 0 Å². The topological polar surface area (TPSA) is 39.1 Å². The lowest BCUT2D eigenvalue weighted by molar-refractivity contribution is 0.132. The molecule has 0 aromatic carbocycles. The van der Waals surface area contributed by atoms with Crippen LogP contribution in [0, 0.1) is 5.92 Å². The molecule has 96 valence electrons. The number of anilines is 1. The van der Waals surface area contributed by atoms with E-state index in [9.17, 15) is 0 Å². The normalized spacial score (nSPS) is 10.8. The van der Waals surface area contributed by atoms with E-state index < -0.39 is 0 Å². The Bertz CT molecular complexity index is 320. The summed E-state index contributed by atoms with van der Waals surface area (Å²) in [5.74, 6) is 1.58. The van der Waals surface area contributed by atoms with Crippen LogP contribution in [0.4, 0.5) is 5.95 Å². The molecule has 17 heavy (non-hydrogen) atoms. The Labute approximate surface area is 104 Å². The molecule has 0 aliphatic heterocycles. The number of ether oxygens (including phenoxy) is 1. The maximum atomic E-state index is 5.52. The monoisotopic (exact) mass is 237 g/mol. The van der Waals surface area contributed by atoms with Gasteiger partial charge < -0.3 is 14.6 Å². The highest BCUT2D eigenvalue weighted by Gasteiger charge is 1.99. The first-order valence-corrected chi connectivity index (χ1v) is 6.17. The maximum absolute atomic E-state index is 5.52. The third kappa shape index (κ3) is 5.54. The lowest BCUT2D eigenvalue weighted by Gasteiger charge is -2.09. The molecule has 0 fully saturated rings. The largest absolute Gasteiger partial charge is 0.380 e. The summed E-state index contributed by atoms with van der Waals surface area (Å²) in [5.41, 5.74) is 0. The minimum absolute atomic E-state index is 0.703. The van der Waals surface area contributed by atoms with Crippen molar-refractivity contribution in [2.75, 3.05) is 25.1 Å². The van der Waals surface area contributed by atoms with Gasteiger partial charge in [0.25, 0.3) is 0 Å². The molecule has 0 radical (unpaired) electrons. The van der Waals surface area contributed by atoms with Gasteiger partial charge >= 0.3 is 0 Å². The quantitative estimate of drug-likeness (QED) is 0.530. The molecule has 4 nitrogen and oxygen atoms in total. The summed E-state index contributed by atoms with van der Waals surface area (Å²) in [6.07, 6.45) is 6.69. The third-order valence-corrected chi connectivity index (χ3v) is 2.41. The van der Waals surface area contributed by atoms with Crippen LogP contribution >= 0.6 is 0 Å². The summed E-state index contributed by atoms with van der Waals surface area (Å²) >= 11 is 0. The van der Waals surface area contributed by atoms with Gasteiger partial charge in [-0.2, -0.15) is 0 Å². The van der Waals surface area contributed by atoms with E-state index in [4.69, 9.17) is 4.74 Å². The van der Waals surface area contributed by atoms with Crippen LogP contribution in [0.2, 0.25) is 0 Å². The van der Waals surface area contributed by atoms with E-state index in [0.29, 0.717) is 12.5 Å². The number of imidazole rings is 1. The summed E-state index contributed by atoms with van der Waals surface area (Å²) < 4.78 is 7.54. The smallest absolute Gasteiger partial charge is 0.203 e. The first kappa shape index (κ1) is 13.8. The van der Waals surface area contributed by atoms with Gasteiger partial charge in [-0.25, -0.2) is 4.98 Å². The molecule has 0 aliphatic rings. The Kier molecular flexibility index (Phi) is 6.40. The van der Waals surface area contributed by atoms with Gasteiger partial charge in [0.1, 0.15) is 0 Å². The summed E-state index contributed by atoms with van der Waals surface area (Å²) in [4.78, 5) is 4.23. The summed E-state index contributed by atoms with van der Waals surface area (Å²) in [5, 5.41) is 3.25. The fraction of sp³-hybridized carbons (Fsp3) is 0.615. The van der Waals surface area contributed by atoms with Crippen molar-refractivity contribution >= 4 is 5.95 Å². The van der Waals surface area contributed by atoms with Crippen LogP contribution in [0.1, 0.15) is 20.3 Å². The van der Waals surface area contributed by atoms with E-state index >= 15 is 0 Å². The minimum atomic E-state index is 0.703. The molecule has 1 rings (SSSR count). The highest BCUT2D eigenvalue weighted by Crippen LogP contribution is 2.03. The molecular weight excluding hydrogens is 214 g/mol. The van der Waals surface area contributed by atoms with Crippen molar-refractivity contribution in [1.82, 2.24) is 9.55 Å². The highest BCUT2D eigenvalue weighted by molar-refractivity contribution is 5.25. The molecular formula is C13H23N3O. The van der Waals surface area contributed by atoms with E-state index in [2.05, 4.69) is 30.7 Å². The van der Waals surface area contributed by atoms with Crippen molar-refractivity contribution in [3.05, 3.63) is 25.0 Å². The molecule has 0 spiro atoms. The van der Waals surface area contributed by atoms with Crippen LogP contribution < -0.4 is 5.32 Å². The molecule has 0 atom stereocenters. The number of hydrogen-bond donors (Lipinski definition) is 1. The van der Waals surface area contributed by atoms with Gasteiger partial charge in [-0.1, -0.05) is 19.9 Å². The zero-order valence-electron chi connectivity index (χ0n) is 10.9. The maximum Gasteiger partial charge on any atom is 0.203 e. The molecule has 1 N–H and O–H groups in total. The van der Waals surface area contributed by atoms with Crippen molar-refractivity contribution in [2.45, 2.75) is 26.8 Å². The average molecular weight is 237 g/mol.